The lowest BCUT2D eigenvalue weighted by molar-refractivity contribution is -0.124. The van der Waals surface area contributed by atoms with E-state index in [1.54, 1.807) is 56.4 Å². The van der Waals surface area contributed by atoms with Crippen molar-refractivity contribution in [2.24, 2.45) is 0 Å². The molecule has 0 aliphatic carbocycles. The second-order valence-electron chi connectivity index (χ2n) is 6.92. The van der Waals surface area contributed by atoms with Crippen LogP contribution in [0.5, 0.6) is 5.75 Å². The summed E-state index contributed by atoms with van der Waals surface area (Å²) in [5.41, 5.74) is 1.91. The average Bonchev–Trinajstić information content (AvgIpc) is 2.79. The molecule has 1 atom stereocenters. The Bertz CT molecular complexity index is 1080. The van der Waals surface area contributed by atoms with Crippen molar-refractivity contribution in [1.82, 2.24) is 5.32 Å². The van der Waals surface area contributed by atoms with Gasteiger partial charge in [-0.25, -0.2) is 0 Å². The first-order valence-corrected chi connectivity index (χ1v) is 10.8. The number of ether oxygens (including phenoxy) is 1. The molecule has 1 unspecified atom stereocenters. The Hall–Kier alpha value is -2.83. The standard InChI is InChI=1S/C24H22BrClN2O3/c1-16(31-22-13-12-18(26)14-20(22)25)24(30)28(2)21-11-7-6-10-19(21)23(29)27-15-17-8-4-3-5-9-17/h3-14,16H,15H2,1-2H3,(H,27,29). The Morgan fingerprint density at radius 2 is 1.74 bits per heavy atom. The Balaban J connectivity index is 1.72. The molecule has 7 heteroatoms. The van der Waals surface area contributed by atoms with Gasteiger partial charge in [0.1, 0.15) is 5.75 Å². The molecule has 3 aromatic rings. The van der Waals surface area contributed by atoms with Crippen molar-refractivity contribution >= 4 is 45.0 Å². The van der Waals surface area contributed by atoms with Crippen LogP contribution in [-0.2, 0) is 11.3 Å². The predicted octanol–water partition coefficient (Wildman–Crippen LogP) is 5.46. The highest BCUT2D eigenvalue weighted by Gasteiger charge is 2.24. The van der Waals surface area contributed by atoms with Crippen LogP contribution in [0, 0.1) is 0 Å². The maximum atomic E-state index is 13.0. The summed E-state index contributed by atoms with van der Waals surface area (Å²) < 4.78 is 6.47. The number of nitrogens with one attached hydrogen (secondary N) is 1. The average molecular weight is 502 g/mol. The fraction of sp³-hybridized carbons (Fsp3) is 0.167. The Morgan fingerprint density at radius 1 is 1.06 bits per heavy atom. The Labute approximate surface area is 195 Å². The number of anilines is 1. The van der Waals surface area contributed by atoms with E-state index >= 15 is 0 Å². The molecular formula is C24H22BrClN2O3. The zero-order chi connectivity index (χ0) is 22.4. The van der Waals surface area contributed by atoms with Gasteiger partial charge < -0.3 is 15.0 Å². The number of carbonyl (C=O) groups excluding carboxylic acids is 2. The highest BCUT2D eigenvalue weighted by molar-refractivity contribution is 9.10. The van der Waals surface area contributed by atoms with Gasteiger partial charge in [0.05, 0.1) is 15.7 Å². The van der Waals surface area contributed by atoms with Crippen molar-refractivity contribution in [2.75, 3.05) is 11.9 Å². The SMILES string of the molecule is CC(Oc1ccc(Cl)cc1Br)C(=O)N(C)c1ccccc1C(=O)NCc1ccccc1. The number of hydrogen-bond acceptors (Lipinski definition) is 3. The van der Waals surface area contributed by atoms with E-state index in [0.29, 0.717) is 33.0 Å². The van der Waals surface area contributed by atoms with Crippen LogP contribution in [0.1, 0.15) is 22.8 Å². The first kappa shape index (κ1) is 22.8. The Kier molecular flexibility index (Phi) is 7.71. The van der Waals surface area contributed by atoms with Gasteiger partial charge in [0.2, 0.25) is 0 Å². The minimum absolute atomic E-state index is 0.256. The molecule has 0 aliphatic rings. The van der Waals surface area contributed by atoms with Gasteiger partial charge in [-0.1, -0.05) is 54.1 Å². The van der Waals surface area contributed by atoms with Crippen molar-refractivity contribution in [1.29, 1.82) is 0 Å². The number of amides is 2. The van der Waals surface area contributed by atoms with Crippen molar-refractivity contribution in [3.63, 3.8) is 0 Å². The minimum Gasteiger partial charge on any atom is -0.480 e. The molecule has 160 valence electrons. The van der Waals surface area contributed by atoms with Crippen molar-refractivity contribution < 1.29 is 14.3 Å². The van der Waals surface area contributed by atoms with E-state index in [1.165, 1.54) is 4.90 Å². The number of hydrogen-bond donors (Lipinski definition) is 1. The van der Waals surface area contributed by atoms with Crippen LogP contribution in [-0.4, -0.2) is 25.0 Å². The van der Waals surface area contributed by atoms with Crippen LogP contribution in [0.25, 0.3) is 0 Å². The number of carbonyl (C=O) groups is 2. The largest absolute Gasteiger partial charge is 0.480 e. The maximum Gasteiger partial charge on any atom is 0.267 e. The number of likely N-dealkylation sites (N-methyl/N-ethyl adjacent to an activating group) is 1. The molecule has 3 aromatic carbocycles. The monoisotopic (exact) mass is 500 g/mol. The second kappa shape index (κ2) is 10.5. The molecule has 0 radical (unpaired) electrons. The van der Waals surface area contributed by atoms with Crippen LogP contribution in [0.4, 0.5) is 5.69 Å². The Morgan fingerprint density at radius 3 is 2.45 bits per heavy atom. The van der Waals surface area contributed by atoms with Gasteiger partial charge in [-0.05, 0) is 58.7 Å². The molecule has 0 bridgehead atoms. The summed E-state index contributed by atoms with van der Waals surface area (Å²) in [6, 6.07) is 21.7. The van der Waals surface area contributed by atoms with E-state index in [0.717, 1.165) is 5.56 Å². The number of halogens is 2. The molecule has 0 heterocycles. The van der Waals surface area contributed by atoms with Gasteiger partial charge in [0.15, 0.2) is 6.10 Å². The van der Waals surface area contributed by atoms with Gasteiger partial charge in [-0.3, -0.25) is 9.59 Å². The van der Waals surface area contributed by atoms with Gasteiger partial charge in [0.25, 0.3) is 11.8 Å². The molecule has 5 nitrogen and oxygen atoms in total. The van der Waals surface area contributed by atoms with Crippen molar-refractivity contribution in [2.45, 2.75) is 19.6 Å². The van der Waals surface area contributed by atoms with Crippen LogP contribution in [0.15, 0.2) is 77.3 Å². The number of benzene rings is 3. The van der Waals surface area contributed by atoms with Crippen LogP contribution in [0.3, 0.4) is 0 Å². The van der Waals surface area contributed by atoms with Crippen molar-refractivity contribution in [3.05, 3.63) is 93.4 Å². The highest BCUT2D eigenvalue weighted by Crippen LogP contribution is 2.29. The quantitative estimate of drug-likeness (QED) is 0.467. The van der Waals surface area contributed by atoms with Crippen LogP contribution < -0.4 is 15.0 Å². The summed E-state index contributed by atoms with van der Waals surface area (Å²) in [6.45, 7) is 2.06. The molecule has 0 saturated heterocycles. The van der Waals surface area contributed by atoms with Crippen molar-refractivity contribution in [3.8, 4) is 5.75 Å². The van der Waals surface area contributed by atoms with E-state index in [2.05, 4.69) is 21.2 Å². The molecule has 2 amide bonds. The summed E-state index contributed by atoms with van der Waals surface area (Å²) in [7, 11) is 1.63. The molecule has 0 fully saturated rings. The highest BCUT2D eigenvalue weighted by atomic mass is 79.9. The lowest BCUT2D eigenvalue weighted by atomic mass is 10.1. The van der Waals surface area contributed by atoms with E-state index < -0.39 is 6.10 Å². The van der Waals surface area contributed by atoms with Gasteiger partial charge in [-0.15, -0.1) is 0 Å². The molecule has 0 aromatic heterocycles. The smallest absolute Gasteiger partial charge is 0.267 e. The topological polar surface area (TPSA) is 58.6 Å². The molecule has 0 saturated carbocycles. The molecular weight excluding hydrogens is 480 g/mol. The van der Waals surface area contributed by atoms with E-state index in [1.807, 2.05) is 30.3 Å². The second-order valence-corrected chi connectivity index (χ2v) is 8.21. The van der Waals surface area contributed by atoms with Crippen LogP contribution in [0.2, 0.25) is 5.02 Å². The fourth-order valence-electron chi connectivity index (χ4n) is 3.03. The molecule has 0 spiro atoms. The lowest BCUT2D eigenvalue weighted by Crippen LogP contribution is -2.39. The lowest BCUT2D eigenvalue weighted by Gasteiger charge is -2.24. The van der Waals surface area contributed by atoms with E-state index in [9.17, 15) is 9.59 Å². The minimum atomic E-state index is -0.775. The van der Waals surface area contributed by atoms with Gasteiger partial charge in [-0.2, -0.15) is 0 Å². The van der Waals surface area contributed by atoms with E-state index in [-0.39, 0.29) is 11.8 Å². The van der Waals surface area contributed by atoms with Gasteiger partial charge >= 0.3 is 0 Å². The summed E-state index contributed by atoms with van der Waals surface area (Å²) in [6.07, 6.45) is -0.775. The summed E-state index contributed by atoms with van der Waals surface area (Å²) in [5.74, 6) is -0.0363. The number of para-hydroxylation sites is 1. The molecule has 31 heavy (non-hydrogen) atoms. The zero-order valence-corrected chi connectivity index (χ0v) is 19.5. The van der Waals surface area contributed by atoms with E-state index in [4.69, 9.17) is 16.3 Å². The molecule has 1 N–H and O–H groups in total. The van der Waals surface area contributed by atoms with Crippen LogP contribution >= 0.6 is 27.5 Å². The third kappa shape index (κ3) is 5.87. The maximum absolute atomic E-state index is 13.0. The first-order valence-electron chi connectivity index (χ1n) is 9.67. The molecule has 0 aliphatic heterocycles. The first-order chi connectivity index (χ1) is 14.9. The fourth-order valence-corrected chi connectivity index (χ4v) is 3.81. The third-order valence-electron chi connectivity index (χ3n) is 4.68. The summed E-state index contributed by atoms with van der Waals surface area (Å²) >= 11 is 9.35. The summed E-state index contributed by atoms with van der Waals surface area (Å²) in [5, 5.41) is 3.47. The number of rotatable bonds is 7. The van der Waals surface area contributed by atoms with Gasteiger partial charge in [0, 0.05) is 18.6 Å². The normalized spacial score (nSPS) is 11.5. The zero-order valence-electron chi connectivity index (χ0n) is 17.1. The number of nitrogens with zero attached hydrogens (tertiary/aromatic N) is 1. The predicted molar refractivity (Wildman–Crippen MR) is 127 cm³/mol. The molecule has 3 rings (SSSR count). The third-order valence-corrected chi connectivity index (χ3v) is 5.54. The summed E-state index contributed by atoms with van der Waals surface area (Å²) in [4.78, 5) is 27.2.